The van der Waals surface area contributed by atoms with Crippen LogP contribution in [0.1, 0.15) is 32.4 Å². The van der Waals surface area contributed by atoms with Gasteiger partial charge in [-0.1, -0.05) is 19.0 Å². The fraction of sp³-hybridized carbons (Fsp3) is 0.545. The van der Waals surface area contributed by atoms with Crippen LogP contribution in [0.2, 0.25) is 0 Å². The van der Waals surface area contributed by atoms with Gasteiger partial charge in [-0.25, -0.2) is 4.98 Å². The number of nitrogens with zero attached hydrogens (tertiary/aromatic N) is 2. The average molecular weight is 253 g/mol. The molecule has 1 aromatic rings. The second-order valence-corrected chi connectivity index (χ2v) is 4.03. The molecule has 100 valence electrons. The quantitative estimate of drug-likeness (QED) is 0.257. The lowest BCUT2D eigenvalue weighted by Crippen LogP contribution is -2.49. The summed E-state index contributed by atoms with van der Waals surface area (Å²) >= 11 is 0. The molecule has 0 bridgehead atoms. The van der Waals surface area contributed by atoms with Crippen LogP contribution in [-0.2, 0) is 11.3 Å². The van der Waals surface area contributed by atoms with Crippen LogP contribution in [0.25, 0.3) is 0 Å². The topological polar surface area (TPSA) is 116 Å². The summed E-state index contributed by atoms with van der Waals surface area (Å²) in [6.45, 7) is 3.99. The van der Waals surface area contributed by atoms with E-state index < -0.39 is 5.41 Å². The number of aromatic amines is 1. The molecule has 5 N–H and O–H groups in total. The Hall–Kier alpha value is -2.05. The van der Waals surface area contributed by atoms with Crippen molar-refractivity contribution in [2.45, 2.75) is 33.2 Å². The number of amidine groups is 1. The Balaban J connectivity index is 2.77. The number of imidazole rings is 1. The van der Waals surface area contributed by atoms with E-state index >= 15 is 0 Å². The van der Waals surface area contributed by atoms with E-state index in [0.29, 0.717) is 19.4 Å². The summed E-state index contributed by atoms with van der Waals surface area (Å²) in [4.78, 5) is 19.0. The Bertz CT molecular complexity index is 409. The van der Waals surface area contributed by atoms with Crippen LogP contribution in [0.3, 0.4) is 0 Å². The van der Waals surface area contributed by atoms with E-state index in [1.165, 1.54) is 6.33 Å². The third-order valence-corrected chi connectivity index (χ3v) is 3.23. The molecule has 18 heavy (non-hydrogen) atoms. The van der Waals surface area contributed by atoms with Gasteiger partial charge in [-0.3, -0.25) is 4.79 Å². The van der Waals surface area contributed by atoms with Crippen LogP contribution < -0.4 is 11.1 Å². The molecular formula is C11H19N5O2. The second-order valence-electron chi connectivity index (χ2n) is 4.03. The summed E-state index contributed by atoms with van der Waals surface area (Å²) in [5.74, 6) is -0.313. The number of nitrogens with two attached hydrogens (primary N) is 1. The smallest absolute Gasteiger partial charge is 0.234 e. The molecule has 0 spiro atoms. The monoisotopic (exact) mass is 253 g/mol. The first-order valence-electron chi connectivity index (χ1n) is 5.84. The van der Waals surface area contributed by atoms with Gasteiger partial charge in [-0.2, -0.15) is 0 Å². The molecule has 1 rings (SSSR count). The van der Waals surface area contributed by atoms with E-state index in [2.05, 4.69) is 20.4 Å². The van der Waals surface area contributed by atoms with E-state index in [1.54, 1.807) is 6.20 Å². The molecule has 0 aromatic carbocycles. The molecule has 1 heterocycles. The zero-order valence-electron chi connectivity index (χ0n) is 10.6. The molecule has 0 aliphatic rings. The number of hydrogen-bond donors (Lipinski definition) is 4. The highest BCUT2D eigenvalue weighted by Gasteiger charge is 2.39. The molecular weight excluding hydrogens is 234 g/mol. The maximum Gasteiger partial charge on any atom is 0.234 e. The lowest BCUT2D eigenvalue weighted by atomic mass is 9.80. The van der Waals surface area contributed by atoms with Gasteiger partial charge in [0, 0.05) is 6.20 Å². The fourth-order valence-electron chi connectivity index (χ4n) is 1.87. The number of carbonyl (C=O) groups is 1. The fourth-order valence-corrected chi connectivity index (χ4v) is 1.87. The van der Waals surface area contributed by atoms with Crippen LogP contribution in [0.5, 0.6) is 0 Å². The van der Waals surface area contributed by atoms with Gasteiger partial charge in [0.25, 0.3) is 0 Å². The first kappa shape index (κ1) is 14.0. The van der Waals surface area contributed by atoms with Crippen LogP contribution in [0, 0.1) is 5.41 Å². The summed E-state index contributed by atoms with van der Waals surface area (Å²) in [6, 6.07) is 0. The number of H-pyrrole nitrogens is 1. The minimum atomic E-state index is -0.964. The summed E-state index contributed by atoms with van der Waals surface area (Å²) in [7, 11) is 0. The molecule has 0 fully saturated rings. The van der Waals surface area contributed by atoms with Crippen molar-refractivity contribution >= 4 is 11.7 Å². The number of oxime groups is 1. The van der Waals surface area contributed by atoms with E-state index in [9.17, 15) is 4.79 Å². The lowest BCUT2D eigenvalue weighted by Gasteiger charge is -2.28. The highest BCUT2D eigenvalue weighted by molar-refractivity contribution is 6.06. The summed E-state index contributed by atoms with van der Waals surface area (Å²) in [6.07, 6.45) is 4.10. The average Bonchev–Trinajstić information content (AvgIpc) is 2.91. The molecule has 1 amide bonds. The molecule has 7 nitrogen and oxygen atoms in total. The molecule has 0 saturated carbocycles. The standard InChI is InChI=1S/C11H19N5O2/c1-3-11(4-2,9(12)16-18)10(17)14-6-8-5-13-7-15-8/h5,7,18H,3-4,6H2,1-2H3,(H2,12,16)(H,13,15)(H,14,17). The first-order valence-corrected chi connectivity index (χ1v) is 5.84. The van der Waals surface area contributed by atoms with Gasteiger partial charge < -0.3 is 21.2 Å². The second kappa shape index (κ2) is 6.04. The third kappa shape index (κ3) is 2.61. The van der Waals surface area contributed by atoms with Gasteiger partial charge >= 0.3 is 0 Å². The summed E-state index contributed by atoms with van der Waals surface area (Å²) in [5, 5.41) is 14.5. The number of aromatic nitrogens is 2. The molecule has 0 unspecified atom stereocenters. The molecule has 0 aliphatic heterocycles. The van der Waals surface area contributed by atoms with Crippen molar-refractivity contribution in [2.75, 3.05) is 0 Å². The van der Waals surface area contributed by atoms with E-state index in [-0.39, 0.29) is 11.7 Å². The zero-order valence-corrected chi connectivity index (χ0v) is 10.6. The highest BCUT2D eigenvalue weighted by atomic mass is 16.4. The van der Waals surface area contributed by atoms with Crippen LogP contribution in [0.4, 0.5) is 0 Å². The Labute approximate surface area is 105 Å². The molecule has 7 heteroatoms. The molecule has 0 saturated heterocycles. The number of rotatable bonds is 6. The maximum atomic E-state index is 12.2. The predicted molar refractivity (Wildman–Crippen MR) is 66.9 cm³/mol. The first-order chi connectivity index (χ1) is 8.60. The number of amides is 1. The van der Waals surface area contributed by atoms with E-state index in [1.807, 2.05) is 13.8 Å². The number of nitrogens with one attached hydrogen (secondary N) is 2. The van der Waals surface area contributed by atoms with Crippen molar-refractivity contribution < 1.29 is 10.0 Å². The Morgan fingerprint density at radius 3 is 2.72 bits per heavy atom. The van der Waals surface area contributed by atoms with Gasteiger partial charge in [0.1, 0.15) is 5.41 Å². The molecule has 0 aliphatic carbocycles. The van der Waals surface area contributed by atoms with Crippen LogP contribution >= 0.6 is 0 Å². The normalized spacial score (nSPS) is 12.4. The largest absolute Gasteiger partial charge is 0.409 e. The van der Waals surface area contributed by atoms with Gasteiger partial charge in [0.05, 0.1) is 18.6 Å². The number of hydrogen-bond acceptors (Lipinski definition) is 4. The van der Waals surface area contributed by atoms with Crippen LogP contribution in [-0.4, -0.2) is 26.9 Å². The van der Waals surface area contributed by atoms with Crippen molar-refractivity contribution in [3.8, 4) is 0 Å². The van der Waals surface area contributed by atoms with Crippen molar-refractivity contribution in [3.05, 3.63) is 18.2 Å². The predicted octanol–water partition coefficient (Wildman–Crippen LogP) is 0.579. The zero-order chi connectivity index (χ0) is 13.6. The Morgan fingerprint density at radius 1 is 1.61 bits per heavy atom. The molecule has 0 atom stereocenters. The number of carbonyl (C=O) groups excluding carboxylic acids is 1. The Morgan fingerprint density at radius 2 is 2.28 bits per heavy atom. The lowest BCUT2D eigenvalue weighted by molar-refractivity contribution is -0.128. The van der Waals surface area contributed by atoms with Gasteiger partial charge in [-0.05, 0) is 12.8 Å². The minimum absolute atomic E-state index is 0.0605. The van der Waals surface area contributed by atoms with Gasteiger partial charge in [0.2, 0.25) is 5.91 Å². The van der Waals surface area contributed by atoms with Crippen LogP contribution in [0.15, 0.2) is 17.7 Å². The third-order valence-electron chi connectivity index (χ3n) is 3.23. The molecule has 0 radical (unpaired) electrons. The minimum Gasteiger partial charge on any atom is -0.409 e. The maximum absolute atomic E-state index is 12.2. The van der Waals surface area contributed by atoms with Crippen molar-refractivity contribution in [3.63, 3.8) is 0 Å². The summed E-state index contributed by atoms with van der Waals surface area (Å²) in [5.41, 5.74) is 5.47. The molecule has 1 aromatic heterocycles. The highest BCUT2D eigenvalue weighted by Crippen LogP contribution is 2.27. The van der Waals surface area contributed by atoms with E-state index in [4.69, 9.17) is 10.9 Å². The van der Waals surface area contributed by atoms with Crippen molar-refractivity contribution in [2.24, 2.45) is 16.3 Å². The van der Waals surface area contributed by atoms with Crippen molar-refractivity contribution in [1.29, 1.82) is 0 Å². The summed E-state index contributed by atoms with van der Waals surface area (Å²) < 4.78 is 0. The Kier molecular flexibility index (Phi) is 4.70. The van der Waals surface area contributed by atoms with Gasteiger partial charge in [-0.15, -0.1) is 0 Å². The van der Waals surface area contributed by atoms with Crippen molar-refractivity contribution in [1.82, 2.24) is 15.3 Å². The van der Waals surface area contributed by atoms with E-state index in [0.717, 1.165) is 5.69 Å². The SMILES string of the molecule is CCC(CC)(C(=O)NCc1cnc[nH]1)C(N)=NO. The van der Waals surface area contributed by atoms with Gasteiger partial charge in [0.15, 0.2) is 5.84 Å².